The van der Waals surface area contributed by atoms with Gasteiger partial charge in [0.2, 0.25) is 0 Å². The topological polar surface area (TPSA) is 53.1 Å². The molecule has 1 fully saturated rings. The highest BCUT2D eigenvalue weighted by Crippen LogP contribution is 2.43. The zero-order valence-electron chi connectivity index (χ0n) is 13.0. The molecule has 0 aliphatic carbocycles. The van der Waals surface area contributed by atoms with Crippen molar-refractivity contribution in [2.75, 3.05) is 0 Å². The van der Waals surface area contributed by atoms with Crippen LogP contribution in [0.1, 0.15) is 46.1 Å². The van der Waals surface area contributed by atoms with Gasteiger partial charge in [0.05, 0.1) is 6.07 Å². The molecule has 1 aliphatic rings. The van der Waals surface area contributed by atoms with E-state index in [0.29, 0.717) is 12.8 Å². The van der Waals surface area contributed by atoms with Gasteiger partial charge in [-0.25, -0.2) is 0 Å². The molecule has 0 spiro atoms. The van der Waals surface area contributed by atoms with Crippen LogP contribution in [0.25, 0.3) is 0 Å². The lowest BCUT2D eigenvalue weighted by Crippen LogP contribution is -2.67. The number of likely N-dealkylation sites (tertiary alicyclic amines) is 1. The number of benzene rings is 1. The first-order chi connectivity index (χ1) is 9.19. The van der Waals surface area contributed by atoms with Crippen LogP contribution in [0.2, 0.25) is 0 Å². The van der Waals surface area contributed by atoms with E-state index in [1.54, 1.807) is 0 Å². The van der Waals surface area contributed by atoms with Crippen LogP contribution >= 0.6 is 0 Å². The third kappa shape index (κ3) is 2.87. The lowest BCUT2D eigenvalue weighted by atomic mass is 9.70. The Morgan fingerprint density at radius 2 is 1.60 bits per heavy atom. The molecule has 3 heteroatoms. The second kappa shape index (κ2) is 4.87. The van der Waals surface area contributed by atoms with Crippen molar-refractivity contribution in [3.63, 3.8) is 0 Å². The van der Waals surface area contributed by atoms with Crippen molar-refractivity contribution in [3.05, 3.63) is 35.9 Å². The van der Waals surface area contributed by atoms with Crippen LogP contribution in [0.3, 0.4) is 0 Å². The van der Waals surface area contributed by atoms with E-state index in [0.717, 1.165) is 6.54 Å². The average molecular weight is 271 g/mol. The maximum absolute atomic E-state index is 9.40. The standard InChI is InChI=1S/C17H25N3/c1-15(2)11-17(19,13-18)12-16(3,4)20(15)10-14-8-6-5-7-9-14/h5-9H,10-12,19H2,1-4H3. The van der Waals surface area contributed by atoms with Crippen molar-refractivity contribution in [2.45, 2.75) is 63.7 Å². The average Bonchev–Trinajstić information content (AvgIpc) is 2.34. The number of hydrogen-bond donors (Lipinski definition) is 1. The number of piperidine rings is 1. The second-order valence-corrected chi connectivity index (χ2v) is 7.32. The molecule has 2 N–H and O–H groups in total. The van der Waals surface area contributed by atoms with Gasteiger partial charge in [-0.15, -0.1) is 0 Å². The molecule has 0 atom stereocenters. The number of nitrogens with two attached hydrogens (primary N) is 1. The van der Waals surface area contributed by atoms with Gasteiger partial charge in [-0.3, -0.25) is 4.90 Å². The van der Waals surface area contributed by atoms with Gasteiger partial charge in [-0.1, -0.05) is 30.3 Å². The van der Waals surface area contributed by atoms with Gasteiger partial charge in [-0.2, -0.15) is 5.26 Å². The Morgan fingerprint density at radius 1 is 1.10 bits per heavy atom. The molecule has 0 radical (unpaired) electrons. The summed E-state index contributed by atoms with van der Waals surface area (Å²) in [5.74, 6) is 0. The summed E-state index contributed by atoms with van der Waals surface area (Å²) in [4.78, 5) is 2.48. The van der Waals surface area contributed by atoms with E-state index >= 15 is 0 Å². The Balaban J connectivity index is 2.31. The lowest BCUT2D eigenvalue weighted by Gasteiger charge is -2.57. The lowest BCUT2D eigenvalue weighted by molar-refractivity contribution is -0.0549. The first-order valence-corrected chi connectivity index (χ1v) is 7.20. The quantitative estimate of drug-likeness (QED) is 0.899. The van der Waals surface area contributed by atoms with Crippen LogP contribution in [-0.4, -0.2) is 21.5 Å². The summed E-state index contributed by atoms with van der Waals surface area (Å²) in [7, 11) is 0. The molecule has 0 amide bonds. The molecule has 1 aromatic rings. The number of nitrogens with zero attached hydrogens (tertiary/aromatic N) is 2. The van der Waals surface area contributed by atoms with E-state index in [1.807, 2.05) is 6.07 Å². The predicted octanol–water partition coefficient (Wildman–Crippen LogP) is 3.06. The van der Waals surface area contributed by atoms with E-state index in [-0.39, 0.29) is 11.1 Å². The molecule has 0 saturated carbocycles. The molecule has 1 aromatic carbocycles. The summed E-state index contributed by atoms with van der Waals surface area (Å²) in [5.41, 5.74) is 6.67. The van der Waals surface area contributed by atoms with Crippen molar-refractivity contribution < 1.29 is 0 Å². The minimum atomic E-state index is -0.722. The summed E-state index contributed by atoms with van der Waals surface area (Å²) < 4.78 is 0. The monoisotopic (exact) mass is 271 g/mol. The van der Waals surface area contributed by atoms with Crippen molar-refractivity contribution >= 4 is 0 Å². The van der Waals surface area contributed by atoms with Gasteiger partial charge in [0, 0.05) is 17.6 Å². The Kier molecular flexibility index (Phi) is 3.66. The van der Waals surface area contributed by atoms with Gasteiger partial charge >= 0.3 is 0 Å². The molecule has 0 aromatic heterocycles. The van der Waals surface area contributed by atoms with Gasteiger partial charge < -0.3 is 5.73 Å². The fraction of sp³-hybridized carbons (Fsp3) is 0.588. The van der Waals surface area contributed by atoms with E-state index < -0.39 is 5.54 Å². The van der Waals surface area contributed by atoms with Crippen molar-refractivity contribution in [1.29, 1.82) is 5.26 Å². The molecule has 0 unspecified atom stereocenters. The highest BCUT2D eigenvalue weighted by Gasteiger charge is 2.50. The maximum atomic E-state index is 9.40. The second-order valence-electron chi connectivity index (χ2n) is 7.32. The van der Waals surface area contributed by atoms with Crippen LogP contribution in [0.5, 0.6) is 0 Å². The highest BCUT2D eigenvalue weighted by atomic mass is 15.3. The van der Waals surface area contributed by atoms with E-state index in [2.05, 4.69) is 62.9 Å². The Hall–Kier alpha value is -1.37. The molecule has 1 saturated heterocycles. The summed E-state index contributed by atoms with van der Waals surface area (Å²) in [6.07, 6.45) is 1.40. The molecule has 20 heavy (non-hydrogen) atoms. The van der Waals surface area contributed by atoms with Gasteiger partial charge in [0.15, 0.2) is 0 Å². The fourth-order valence-electron chi connectivity index (χ4n) is 3.89. The zero-order chi connectivity index (χ0) is 15.0. The van der Waals surface area contributed by atoms with Crippen molar-refractivity contribution in [1.82, 2.24) is 4.90 Å². The summed E-state index contributed by atoms with van der Waals surface area (Å²) >= 11 is 0. The minimum absolute atomic E-state index is 0.0952. The zero-order valence-corrected chi connectivity index (χ0v) is 13.0. The fourth-order valence-corrected chi connectivity index (χ4v) is 3.89. The molecular weight excluding hydrogens is 246 g/mol. The number of rotatable bonds is 2. The van der Waals surface area contributed by atoms with Crippen molar-refractivity contribution in [2.24, 2.45) is 5.73 Å². The molecular formula is C17H25N3. The molecule has 3 nitrogen and oxygen atoms in total. The first-order valence-electron chi connectivity index (χ1n) is 7.20. The first kappa shape index (κ1) is 15.0. The number of hydrogen-bond acceptors (Lipinski definition) is 3. The molecule has 1 heterocycles. The number of nitriles is 1. The molecule has 2 rings (SSSR count). The summed E-state index contributed by atoms with van der Waals surface area (Å²) in [6, 6.07) is 12.8. The Bertz CT molecular complexity index is 493. The van der Waals surface area contributed by atoms with Gasteiger partial charge in [0.25, 0.3) is 0 Å². The summed E-state index contributed by atoms with van der Waals surface area (Å²) in [6.45, 7) is 9.65. The van der Waals surface area contributed by atoms with Gasteiger partial charge in [-0.05, 0) is 46.1 Å². The normalized spacial score (nSPS) is 24.0. The SMILES string of the molecule is CC1(C)CC(N)(C#N)CC(C)(C)N1Cc1ccccc1. The molecule has 1 aliphatic heterocycles. The van der Waals surface area contributed by atoms with Crippen LogP contribution in [0.15, 0.2) is 30.3 Å². The molecule has 0 bridgehead atoms. The maximum Gasteiger partial charge on any atom is 0.107 e. The van der Waals surface area contributed by atoms with Crippen LogP contribution in [0, 0.1) is 11.3 Å². The Labute approximate surface area is 122 Å². The van der Waals surface area contributed by atoms with E-state index in [9.17, 15) is 5.26 Å². The van der Waals surface area contributed by atoms with E-state index in [4.69, 9.17) is 5.73 Å². The predicted molar refractivity (Wildman–Crippen MR) is 81.9 cm³/mol. The Morgan fingerprint density at radius 3 is 2.05 bits per heavy atom. The summed E-state index contributed by atoms with van der Waals surface area (Å²) in [5, 5.41) is 9.40. The highest BCUT2D eigenvalue weighted by molar-refractivity contribution is 5.20. The molecule has 108 valence electrons. The van der Waals surface area contributed by atoms with Crippen LogP contribution in [0.4, 0.5) is 0 Å². The van der Waals surface area contributed by atoms with Crippen LogP contribution in [-0.2, 0) is 6.54 Å². The van der Waals surface area contributed by atoms with Gasteiger partial charge in [0.1, 0.15) is 5.54 Å². The smallest absolute Gasteiger partial charge is 0.107 e. The van der Waals surface area contributed by atoms with E-state index in [1.165, 1.54) is 5.56 Å². The third-order valence-corrected chi connectivity index (χ3v) is 4.36. The van der Waals surface area contributed by atoms with Crippen molar-refractivity contribution in [3.8, 4) is 6.07 Å². The minimum Gasteiger partial charge on any atom is -0.313 e. The van der Waals surface area contributed by atoms with Crippen LogP contribution < -0.4 is 5.73 Å². The third-order valence-electron chi connectivity index (χ3n) is 4.36. The largest absolute Gasteiger partial charge is 0.313 e.